The third-order valence-electron chi connectivity index (χ3n) is 5.96. The van der Waals surface area contributed by atoms with Crippen molar-refractivity contribution in [3.8, 4) is 0 Å². The Kier molecular flexibility index (Phi) is 7.92. The summed E-state index contributed by atoms with van der Waals surface area (Å²) in [7, 11) is 0. The lowest BCUT2D eigenvalue weighted by atomic mass is 9.98. The molecular weight excluding hydrogens is 426 g/mol. The van der Waals surface area contributed by atoms with Crippen LogP contribution in [0.3, 0.4) is 0 Å². The molecule has 2 N–H and O–H groups in total. The molecule has 0 bridgehead atoms. The largest absolute Gasteiger partial charge is 0.361 e. The van der Waals surface area contributed by atoms with Crippen LogP contribution < -0.4 is 0 Å². The van der Waals surface area contributed by atoms with Crippen molar-refractivity contribution in [3.63, 3.8) is 0 Å². The molecule has 4 aromatic rings. The standard InChI is InChI=1S/C32H31N3/c1-4-7-9-24(5-2)12-13-25-14-15-27(26(6-3)22-25)16-18-29-23-30(35-34-29)19-17-28-10-8-11-32-31(28)20-21-33-32/h4-11,14-23,33H,2-3,12-13H2,1H3,(H,34,35)/b7-4-,18-16+,19-17+,24-9+. The number of benzene rings is 2. The number of nitrogens with zero attached hydrogens (tertiary/aromatic N) is 1. The van der Waals surface area contributed by atoms with Crippen LogP contribution >= 0.6 is 0 Å². The van der Waals surface area contributed by atoms with Crippen LogP contribution in [0, 0.1) is 0 Å². The third kappa shape index (κ3) is 6.15. The summed E-state index contributed by atoms with van der Waals surface area (Å²) in [6, 6.07) is 16.9. The van der Waals surface area contributed by atoms with Gasteiger partial charge in [-0.2, -0.15) is 5.10 Å². The van der Waals surface area contributed by atoms with E-state index in [1.165, 1.54) is 22.1 Å². The molecule has 0 atom stereocenters. The van der Waals surface area contributed by atoms with Gasteiger partial charge in [0.15, 0.2) is 0 Å². The van der Waals surface area contributed by atoms with E-state index in [1.54, 1.807) is 0 Å². The first-order chi connectivity index (χ1) is 17.2. The average molecular weight is 458 g/mol. The number of nitrogens with one attached hydrogen (secondary N) is 2. The summed E-state index contributed by atoms with van der Waals surface area (Å²) in [4.78, 5) is 3.25. The van der Waals surface area contributed by atoms with E-state index in [-0.39, 0.29) is 0 Å². The van der Waals surface area contributed by atoms with Crippen LogP contribution in [0.2, 0.25) is 0 Å². The molecule has 0 saturated heterocycles. The van der Waals surface area contributed by atoms with Crippen molar-refractivity contribution < 1.29 is 0 Å². The molecule has 0 aliphatic rings. The molecule has 0 unspecified atom stereocenters. The number of hydrogen-bond acceptors (Lipinski definition) is 1. The van der Waals surface area contributed by atoms with Crippen molar-refractivity contribution in [3.05, 3.63) is 131 Å². The number of hydrogen-bond donors (Lipinski definition) is 2. The van der Waals surface area contributed by atoms with Crippen LogP contribution in [0.5, 0.6) is 0 Å². The molecule has 0 amide bonds. The maximum Gasteiger partial charge on any atom is 0.0854 e. The lowest BCUT2D eigenvalue weighted by Crippen LogP contribution is -1.90. The predicted octanol–water partition coefficient (Wildman–Crippen LogP) is 8.50. The molecule has 174 valence electrons. The Hall–Kier alpha value is -4.37. The van der Waals surface area contributed by atoms with Gasteiger partial charge in [0.05, 0.1) is 11.4 Å². The fourth-order valence-electron chi connectivity index (χ4n) is 4.00. The molecule has 0 aliphatic carbocycles. The Morgan fingerprint density at radius 3 is 2.66 bits per heavy atom. The highest BCUT2D eigenvalue weighted by Crippen LogP contribution is 2.21. The number of fused-ring (bicyclic) bond motifs is 1. The molecule has 3 nitrogen and oxygen atoms in total. The van der Waals surface area contributed by atoms with Crippen LogP contribution in [-0.4, -0.2) is 15.2 Å². The summed E-state index contributed by atoms with van der Waals surface area (Å²) in [6.45, 7) is 9.95. The smallest absolute Gasteiger partial charge is 0.0854 e. The van der Waals surface area contributed by atoms with Crippen LogP contribution in [-0.2, 0) is 6.42 Å². The van der Waals surface area contributed by atoms with Crippen molar-refractivity contribution >= 4 is 41.3 Å². The number of H-pyrrole nitrogens is 2. The zero-order valence-corrected chi connectivity index (χ0v) is 20.2. The molecule has 0 fully saturated rings. The highest BCUT2D eigenvalue weighted by atomic mass is 15.1. The van der Waals surface area contributed by atoms with E-state index in [1.807, 2.05) is 43.5 Å². The summed E-state index contributed by atoms with van der Waals surface area (Å²) in [5, 5.41) is 8.75. The number of aromatic nitrogens is 3. The highest BCUT2D eigenvalue weighted by Gasteiger charge is 2.02. The van der Waals surface area contributed by atoms with E-state index in [2.05, 4.69) is 101 Å². The minimum atomic E-state index is 0.883. The average Bonchev–Trinajstić information content (AvgIpc) is 3.56. The second-order valence-corrected chi connectivity index (χ2v) is 8.34. The van der Waals surface area contributed by atoms with Crippen molar-refractivity contribution in [1.29, 1.82) is 0 Å². The number of aromatic amines is 2. The van der Waals surface area contributed by atoms with Crippen LogP contribution in [0.15, 0.2) is 97.8 Å². The molecule has 0 aliphatic heterocycles. The van der Waals surface area contributed by atoms with Crippen molar-refractivity contribution in [2.24, 2.45) is 0 Å². The van der Waals surface area contributed by atoms with E-state index in [4.69, 9.17) is 0 Å². The van der Waals surface area contributed by atoms with Crippen molar-refractivity contribution in [2.45, 2.75) is 19.8 Å². The van der Waals surface area contributed by atoms with Gasteiger partial charge in [-0.1, -0.05) is 86.0 Å². The van der Waals surface area contributed by atoms with E-state index in [0.29, 0.717) is 0 Å². The van der Waals surface area contributed by atoms with Crippen molar-refractivity contribution in [2.75, 3.05) is 0 Å². The van der Waals surface area contributed by atoms with Crippen LogP contribution in [0.1, 0.15) is 47.0 Å². The minimum absolute atomic E-state index is 0.883. The molecule has 0 radical (unpaired) electrons. The first kappa shape index (κ1) is 23.8. The molecule has 2 heterocycles. The number of rotatable bonds is 10. The van der Waals surface area contributed by atoms with Gasteiger partial charge >= 0.3 is 0 Å². The van der Waals surface area contributed by atoms with E-state index >= 15 is 0 Å². The molecule has 35 heavy (non-hydrogen) atoms. The first-order valence-corrected chi connectivity index (χ1v) is 11.9. The Labute approximate surface area is 207 Å². The first-order valence-electron chi connectivity index (χ1n) is 11.9. The summed E-state index contributed by atoms with van der Waals surface area (Å²) in [5.41, 5.74) is 8.91. The lowest BCUT2D eigenvalue weighted by Gasteiger charge is -2.07. The summed E-state index contributed by atoms with van der Waals surface area (Å²) >= 11 is 0. The highest BCUT2D eigenvalue weighted by molar-refractivity contribution is 5.91. The Bertz CT molecular complexity index is 1440. The lowest BCUT2D eigenvalue weighted by molar-refractivity contribution is 0.965. The Balaban J connectivity index is 1.44. The Morgan fingerprint density at radius 1 is 0.943 bits per heavy atom. The van der Waals surface area contributed by atoms with Crippen LogP contribution in [0.25, 0.3) is 41.3 Å². The number of allylic oxidation sites excluding steroid dienone is 5. The van der Waals surface area contributed by atoms with E-state index in [0.717, 1.165) is 40.9 Å². The molecular formula is C32H31N3. The zero-order valence-electron chi connectivity index (χ0n) is 20.2. The maximum absolute atomic E-state index is 4.44. The van der Waals surface area contributed by atoms with E-state index in [9.17, 15) is 0 Å². The summed E-state index contributed by atoms with van der Waals surface area (Å²) < 4.78 is 0. The predicted molar refractivity (Wildman–Crippen MR) is 153 cm³/mol. The third-order valence-corrected chi connectivity index (χ3v) is 5.96. The normalized spacial score (nSPS) is 12.4. The zero-order chi connectivity index (χ0) is 24.5. The molecule has 0 spiro atoms. The SMILES string of the molecule is C=C/C(=C\C=C/C)CCc1ccc(/C=C/c2cc(/C=C/c3cccc4[nH]ccc34)[nH]n2)c(C=C)c1. The van der Waals surface area contributed by atoms with Gasteiger partial charge in [0.2, 0.25) is 0 Å². The van der Waals surface area contributed by atoms with Gasteiger partial charge in [-0.15, -0.1) is 0 Å². The number of aryl methyl sites for hydroxylation is 1. The monoisotopic (exact) mass is 457 g/mol. The maximum atomic E-state index is 4.44. The molecule has 4 rings (SSSR count). The topological polar surface area (TPSA) is 44.5 Å². The molecule has 3 heteroatoms. The molecule has 2 aromatic heterocycles. The van der Waals surface area contributed by atoms with Gasteiger partial charge in [-0.3, -0.25) is 5.10 Å². The van der Waals surface area contributed by atoms with Crippen molar-refractivity contribution in [1.82, 2.24) is 15.2 Å². The van der Waals surface area contributed by atoms with Gasteiger partial charge in [-0.25, -0.2) is 0 Å². The second kappa shape index (κ2) is 11.7. The molecule has 2 aromatic carbocycles. The molecule has 0 saturated carbocycles. The quantitative estimate of drug-likeness (QED) is 0.230. The van der Waals surface area contributed by atoms with Gasteiger partial charge in [0.25, 0.3) is 0 Å². The van der Waals surface area contributed by atoms with Crippen LogP contribution in [0.4, 0.5) is 0 Å². The van der Waals surface area contributed by atoms with Gasteiger partial charge in [0, 0.05) is 17.1 Å². The van der Waals surface area contributed by atoms with E-state index < -0.39 is 0 Å². The summed E-state index contributed by atoms with van der Waals surface area (Å²) in [5.74, 6) is 0. The second-order valence-electron chi connectivity index (χ2n) is 8.34. The fraction of sp³-hybridized carbons (Fsp3) is 0.0938. The van der Waals surface area contributed by atoms with Gasteiger partial charge in [0.1, 0.15) is 0 Å². The summed E-state index contributed by atoms with van der Waals surface area (Å²) in [6.07, 6.45) is 22.2. The van der Waals surface area contributed by atoms with Gasteiger partial charge < -0.3 is 4.98 Å². The minimum Gasteiger partial charge on any atom is -0.361 e. The van der Waals surface area contributed by atoms with Gasteiger partial charge in [-0.05, 0) is 77.9 Å². The Morgan fingerprint density at radius 2 is 1.83 bits per heavy atom. The fourth-order valence-corrected chi connectivity index (χ4v) is 4.00.